The van der Waals surface area contributed by atoms with E-state index in [1.165, 1.54) is 30.3 Å². The average Bonchev–Trinajstić information content (AvgIpc) is 3.49. The quantitative estimate of drug-likeness (QED) is 0.120. The van der Waals surface area contributed by atoms with Crippen LogP contribution in [0, 0.1) is 0 Å². The topological polar surface area (TPSA) is 126 Å². The lowest BCUT2D eigenvalue weighted by atomic mass is 9.85. The first-order chi connectivity index (χ1) is 23.0. The van der Waals surface area contributed by atoms with Gasteiger partial charge in [-0.2, -0.15) is 13.2 Å². The molecule has 0 aromatic heterocycles. The van der Waals surface area contributed by atoms with Gasteiger partial charge in [0.05, 0.1) is 22.8 Å². The van der Waals surface area contributed by atoms with Crippen molar-refractivity contribution in [2.24, 2.45) is 4.99 Å². The first kappa shape index (κ1) is 34.6. The van der Waals surface area contributed by atoms with Crippen LogP contribution >= 0.6 is 0 Å². The van der Waals surface area contributed by atoms with Crippen molar-refractivity contribution in [1.29, 1.82) is 0 Å². The molecule has 0 fully saturated rings. The average molecular weight is 682 g/mol. The second kappa shape index (κ2) is 15.0. The summed E-state index contributed by atoms with van der Waals surface area (Å²) in [5.74, 6) is -0.669. The van der Waals surface area contributed by atoms with E-state index in [4.69, 9.17) is 19.6 Å². The van der Waals surface area contributed by atoms with E-state index in [1.54, 1.807) is 72.8 Å². The number of nitrogens with zero attached hydrogens (tertiary/aromatic N) is 1. The highest BCUT2D eigenvalue weighted by atomic mass is 32.2. The fourth-order valence-corrected chi connectivity index (χ4v) is 6.70. The van der Waals surface area contributed by atoms with Crippen LogP contribution in [-0.4, -0.2) is 49.8 Å². The Kier molecular flexibility index (Phi) is 10.8. The Morgan fingerprint density at radius 3 is 2.23 bits per heavy atom. The van der Waals surface area contributed by atoms with Crippen LogP contribution in [0.1, 0.15) is 41.2 Å². The van der Waals surface area contributed by atoms with E-state index in [1.807, 2.05) is 0 Å². The van der Waals surface area contributed by atoms with Gasteiger partial charge in [0.15, 0.2) is 21.5 Å². The van der Waals surface area contributed by atoms with E-state index in [0.29, 0.717) is 29.9 Å². The zero-order chi connectivity index (χ0) is 34.2. The summed E-state index contributed by atoms with van der Waals surface area (Å²) in [6.45, 7) is -0.0780. The molecular weight excluding hydrogens is 647 g/mol. The number of hydrazine groups is 1. The number of hydrogen-bond donors (Lipinski definition) is 3. The van der Waals surface area contributed by atoms with Gasteiger partial charge in [0.1, 0.15) is 5.75 Å². The molecule has 5 rings (SSSR count). The highest BCUT2D eigenvalue weighted by Crippen LogP contribution is 2.43. The third kappa shape index (κ3) is 8.04. The van der Waals surface area contributed by atoms with Gasteiger partial charge in [-0.25, -0.2) is 18.8 Å². The van der Waals surface area contributed by atoms with Crippen LogP contribution < -0.4 is 15.6 Å². The molecule has 0 aliphatic carbocycles. The van der Waals surface area contributed by atoms with Gasteiger partial charge >= 0.3 is 6.18 Å². The molecule has 4 aromatic carbocycles. The highest BCUT2D eigenvalue weighted by Gasteiger charge is 2.53. The van der Waals surface area contributed by atoms with E-state index in [9.17, 15) is 26.4 Å². The largest absolute Gasteiger partial charge is 0.494 e. The number of alkyl halides is 3. The molecule has 1 aliphatic rings. The number of ether oxygens (including phenoxy) is 2. The lowest BCUT2D eigenvalue weighted by Crippen LogP contribution is -2.53. The molecule has 0 bridgehead atoms. The predicted octanol–water partition coefficient (Wildman–Crippen LogP) is 5.41. The summed E-state index contributed by atoms with van der Waals surface area (Å²) >= 11 is 0. The molecule has 0 saturated heterocycles. The van der Waals surface area contributed by atoms with Crippen LogP contribution in [0.25, 0.3) is 0 Å². The molecule has 9 nitrogen and oxygen atoms in total. The maximum absolute atomic E-state index is 14.2. The molecule has 48 heavy (non-hydrogen) atoms. The first-order valence-corrected chi connectivity index (χ1v) is 16.8. The summed E-state index contributed by atoms with van der Waals surface area (Å²) in [6, 6.07) is 28.2. The molecule has 0 radical (unpaired) electrons. The van der Waals surface area contributed by atoms with E-state index >= 15 is 0 Å². The van der Waals surface area contributed by atoms with Crippen molar-refractivity contribution in [3.63, 3.8) is 0 Å². The van der Waals surface area contributed by atoms with Crippen molar-refractivity contribution < 1.29 is 41.0 Å². The van der Waals surface area contributed by atoms with E-state index in [-0.39, 0.29) is 35.9 Å². The van der Waals surface area contributed by atoms with Crippen molar-refractivity contribution in [3.8, 4) is 5.75 Å². The summed E-state index contributed by atoms with van der Waals surface area (Å²) in [4.78, 5) is 19.1. The van der Waals surface area contributed by atoms with Crippen LogP contribution in [0.2, 0.25) is 0 Å². The molecule has 4 aromatic rings. The normalized spacial score (nSPS) is 17.8. The Hall–Kier alpha value is -4.72. The van der Waals surface area contributed by atoms with E-state index < -0.39 is 44.9 Å². The predicted molar refractivity (Wildman–Crippen MR) is 173 cm³/mol. The van der Waals surface area contributed by atoms with Gasteiger partial charge in [0.25, 0.3) is 5.91 Å². The molecule has 0 saturated carbocycles. The summed E-state index contributed by atoms with van der Waals surface area (Å²) in [5.41, 5.74) is 3.31. The van der Waals surface area contributed by atoms with Gasteiger partial charge in [-0.15, -0.1) is 0 Å². The van der Waals surface area contributed by atoms with E-state index in [2.05, 4.69) is 10.9 Å². The number of aliphatic hydroxyl groups excluding tert-OH is 1. The second-order valence-corrected chi connectivity index (χ2v) is 13.2. The molecule has 252 valence electrons. The maximum atomic E-state index is 14.2. The third-order valence-electron chi connectivity index (χ3n) is 7.79. The SMILES string of the molecule is O=C(NNCc1ccccc1C(F)(F)F)[C@@]1(CCS(=O)(=O)c2ccccc2)N=C(c2ccc(OCCCO)cc2)O[C@H]1c1ccccc1. The molecule has 3 N–H and O–H groups in total. The van der Waals surface area contributed by atoms with Gasteiger partial charge in [-0.3, -0.25) is 10.2 Å². The van der Waals surface area contributed by atoms with Crippen LogP contribution in [0.4, 0.5) is 13.2 Å². The number of amides is 1. The van der Waals surface area contributed by atoms with Crippen molar-refractivity contribution in [3.05, 3.63) is 131 Å². The Balaban J connectivity index is 1.50. The summed E-state index contributed by atoms with van der Waals surface area (Å²) in [6.07, 6.45) is -5.56. The summed E-state index contributed by atoms with van der Waals surface area (Å²) < 4.78 is 79.7. The summed E-state index contributed by atoms with van der Waals surface area (Å²) in [5, 5.41) is 9.03. The van der Waals surface area contributed by atoms with Crippen molar-refractivity contribution in [1.82, 2.24) is 10.9 Å². The fraction of sp³-hybridized carbons (Fsp3) is 0.257. The number of rotatable bonds is 14. The number of aliphatic hydroxyl groups is 1. The number of benzene rings is 4. The van der Waals surface area contributed by atoms with Crippen molar-refractivity contribution >= 4 is 21.6 Å². The van der Waals surface area contributed by atoms with Gasteiger partial charge in [-0.05, 0) is 53.6 Å². The van der Waals surface area contributed by atoms with Crippen LogP contribution in [0.5, 0.6) is 5.75 Å². The Morgan fingerprint density at radius 1 is 0.917 bits per heavy atom. The van der Waals surface area contributed by atoms with Crippen molar-refractivity contribution in [2.45, 2.75) is 42.1 Å². The summed E-state index contributed by atoms with van der Waals surface area (Å²) in [7, 11) is -3.89. The molecule has 13 heteroatoms. The minimum absolute atomic E-state index is 0.0164. The number of nitrogens with one attached hydrogen (secondary N) is 2. The number of hydrogen-bond acceptors (Lipinski definition) is 8. The van der Waals surface area contributed by atoms with Gasteiger partial charge in [0, 0.05) is 31.6 Å². The van der Waals surface area contributed by atoms with Gasteiger partial charge < -0.3 is 14.6 Å². The number of sulfone groups is 1. The monoisotopic (exact) mass is 681 g/mol. The highest BCUT2D eigenvalue weighted by molar-refractivity contribution is 7.91. The molecule has 1 amide bonds. The molecule has 1 heterocycles. The minimum Gasteiger partial charge on any atom is -0.494 e. The molecule has 2 atom stereocenters. The third-order valence-corrected chi connectivity index (χ3v) is 9.52. The number of carbonyl (C=O) groups excluding carboxylic acids is 1. The van der Waals surface area contributed by atoms with Gasteiger partial charge in [-0.1, -0.05) is 66.7 Å². The Labute approximate surface area is 276 Å². The number of carbonyl (C=O) groups is 1. The Morgan fingerprint density at radius 2 is 1.56 bits per heavy atom. The van der Waals surface area contributed by atoms with Crippen LogP contribution in [-0.2, 0) is 32.1 Å². The zero-order valence-electron chi connectivity index (χ0n) is 25.7. The standard InChI is InChI=1S/C35H34F3N3O6S/c36-35(37,38)30-15-8-7-12-27(30)24-39-41-33(43)34(20-23-48(44,45)29-13-5-2-6-14-29)31(25-10-3-1-4-11-25)47-32(40-34)26-16-18-28(19-17-26)46-22-9-21-42/h1-8,10-19,31,39,42H,9,20-24H2,(H,41,43)/t31-,34-/m0/s1. The fourth-order valence-electron chi connectivity index (χ4n) is 5.31. The molecule has 1 aliphatic heterocycles. The van der Waals surface area contributed by atoms with Gasteiger partial charge in [0.2, 0.25) is 5.90 Å². The minimum atomic E-state index is -4.61. The first-order valence-electron chi connectivity index (χ1n) is 15.2. The van der Waals surface area contributed by atoms with Crippen molar-refractivity contribution in [2.75, 3.05) is 19.0 Å². The lowest BCUT2D eigenvalue weighted by Gasteiger charge is -2.30. The zero-order valence-corrected chi connectivity index (χ0v) is 26.5. The van der Waals surface area contributed by atoms with Crippen LogP contribution in [0.3, 0.4) is 0 Å². The second-order valence-electron chi connectivity index (χ2n) is 11.0. The molecule has 0 unspecified atom stereocenters. The van der Waals surface area contributed by atoms with E-state index in [0.717, 1.165) is 6.07 Å². The molecule has 0 spiro atoms. The van der Waals surface area contributed by atoms with Crippen LogP contribution in [0.15, 0.2) is 119 Å². The maximum Gasteiger partial charge on any atom is 0.416 e. The molecular formula is C35H34F3N3O6S. The smallest absolute Gasteiger partial charge is 0.416 e. The number of aliphatic imine (C=N–C) groups is 1. The lowest BCUT2D eigenvalue weighted by molar-refractivity contribution is -0.138. The number of halogens is 3. The Bertz CT molecular complexity index is 1820.